The van der Waals surface area contributed by atoms with Crippen molar-refractivity contribution in [2.75, 3.05) is 6.26 Å². The molecule has 0 fully saturated rings. The van der Waals surface area contributed by atoms with E-state index in [0.717, 1.165) is 16.7 Å². The number of rotatable bonds is 3. The molecule has 0 unspecified atom stereocenters. The van der Waals surface area contributed by atoms with E-state index in [2.05, 4.69) is 0 Å². The van der Waals surface area contributed by atoms with Crippen molar-refractivity contribution < 1.29 is 4.42 Å². The highest BCUT2D eigenvalue weighted by atomic mass is 32.2. The van der Waals surface area contributed by atoms with E-state index in [0.29, 0.717) is 10.7 Å². The van der Waals surface area contributed by atoms with Crippen LogP contribution >= 0.6 is 11.8 Å². The number of nitriles is 1. The van der Waals surface area contributed by atoms with Gasteiger partial charge in [-0.25, -0.2) is 4.79 Å². The second-order valence-corrected chi connectivity index (χ2v) is 5.74. The van der Waals surface area contributed by atoms with Crippen molar-refractivity contribution in [3.8, 4) is 28.5 Å². The van der Waals surface area contributed by atoms with Crippen LogP contribution in [-0.2, 0) is 0 Å². The zero-order chi connectivity index (χ0) is 16.2. The molecule has 0 bridgehead atoms. The van der Waals surface area contributed by atoms with Gasteiger partial charge in [0.25, 0.3) is 0 Å². The Bertz CT molecular complexity index is 922. The maximum atomic E-state index is 11.9. The zero-order valence-electron chi connectivity index (χ0n) is 12.4. The van der Waals surface area contributed by atoms with Gasteiger partial charge in [0, 0.05) is 10.5 Å². The SMILES string of the molecule is CSc1cc(-c2ccc(-c3ccccc3)cc2)oc(=O)c1C#N. The molecule has 0 saturated heterocycles. The van der Waals surface area contributed by atoms with E-state index in [9.17, 15) is 4.79 Å². The maximum absolute atomic E-state index is 11.9. The topological polar surface area (TPSA) is 54.0 Å². The number of nitrogens with zero attached hydrogens (tertiary/aromatic N) is 1. The Morgan fingerprint density at radius 2 is 1.57 bits per heavy atom. The first-order valence-corrected chi connectivity index (χ1v) is 8.23. The van der Waals surface area contributed by atoms with Crippen LogP contribution in [0.4, 0.5) is 0 Å². The van der Waals surface area contributed by atoms with Crippen molar-refractivity contribution in [1.82, 2.24) is 0 Å². The average molecular weight is 319 g/mol. The quantitative estimate of drug-likeness (QED) is 0.664. The molecule has 0 aliphatic carbocycles. The van der Waals surface area contributed by atoms with Crippen molar-refractivity contribution in [2.45, 2.75) is 4.90 Å². The second-order valence-electron chi connectivity index (χ2n) is 4.90. The second kappa shape index (κ2) is 6.55. The molecule has 2 aromatic carbocycles. The van der Waals surface area contributed by atoms with Gasteiger partial charge in [-0.3, -0.25) is 0 Å². The van der Waals surface area contributed by atoms with Gasteiger partial charge in [0.05, 0.1) is 0 Å². The molecule has 0 atom stereocenters. The smallest absolute Gasteiger partial charge is 0.355 e. The van der Waals surface area contributed by atoms with E-state index in [1.807, 2.05) is 66.9 Å². The third-order valence-electron chi connectivity index (χ3n) is 3.52. The van der Waals surface area contributed by atoms with Crippen LogP contribution in [0, 0.1) is 11.3 Å². The van der Waals surface area contributed by atoms with Gasteiger partial charge in [-0.05, 0) is 23.4 Å². The maximum Gasteiger partial charge on any atom is 0.355 e. The molecule has 4 heteroatoms. The minimum Gasteiger partial charge on any atom is -0.422 e. The average Bonchev–Trinajstić information content (AvgIpc) is 2.62. The van der Waals surface area contributed by atoms with E-state index in [1.54, 1.807) is 6.07 Å². The Morgan fingerprint density at radius 3 is 2.17 bits per heavy atom. The summed E-state index contributed by atoms with van der Waals surface area (Å²) in [5, 5.41) is 9.03. The van der Waals surface area contributed by atoms with Crippen LogP contribution in [-0.4, -0.2) is 6.26 Å². The molecule has 0 radical (unpaired) electrons. The van der Waals surface area contributed by atoms with Crippen molar-refractivity contribution in [1.29, 1.82) is 5.26 Å². The minimum atomic E-state index is -0.596. The Kier molecular flexibility index (Phi) is 4.31. The van der Waals surface area contributed by atoms with Crippen LogP contribution < -0.4 is 5.63 Å². The first-order chi connectivity index (χ1) is 11.2. The Morgan fingerprint density at radius 1 is 0.957 bits per heavy atom. The molecule has 0 aliphatic heterocycles. The summed E-state index contributed by atoms with van der Waals surface area (Å²) in [4.78, 5) is 12.5. The Labute approximate surface area is 138 Å². The molecular weight excluding hydrogens is 306 g/mol. The van der Waals surface area contributed by atoms with E-state index in [-0.39, 0.29) is 5.56 Å². The largest absolute Gasteiger partial charge is 0.422 e. The number of thioether (sulfide) groups is 1. The molecule has 1 aromatic heterocycles. The van der Waals surface area contributed by atoms with Gasteiger partial charge < -0.3 is 4.42 Å². The highest BCUT2D eigenvalue weighted by molar-refractivity contribution is 7.98. The summed E-state index contributed by atoms with van der Waals surface area (Å²) in [6.45, 7) is 0. The van der Waals surface area contributed by atoms with Gasteiger partial charge >= 0.3 is 5.63 Å². The van der Waals surface area contributed by atoms with Crippen LogP contribution in [0.25, 0.3) is 22.5 Å². The van der Waals surface area contributed by atoms with Crippen molar-refractivity contribution >= 4 is 11.8 Å². The van der Waals surface area contributed by atoms with Crippen molar-refractivity contribution in [2.24, 2.45) is 0 Å². The van der Waals surface area contributed by atoms with Crippen LogP contribution in [0.1, 0.15) is 5.56 Å². The summed E-state index contributed by atoms with van der Waals surface area (Å²) in [5.74, 6) is 0.470. The first-order valence-electron chi connectivity index (χ1n) is 7.01. The summed E-state index contributed by atoms with van der Waals surface area (Å²) < 4.78 is 5.28. The van der Waals surface area contributed by atoms with Crippen LogP contribution in [0.15, 0.2) is 74.8 Å². The highest BCUT2D eigenvalue weighted by Crippen LogP contribution is 2.27. The van der Waals surface area contributed by atoms with E-state index < -0.39 is 5.63 Å². The molecule has 3 aromatic rings. The first kappa shape index (κ1) is 15.1. The van der Waals surface area contributed by atoms with Gasteiger partial charge in [0.15, 0.2) is 5.56 Å². The predicted molar refractivity (Wildman–Crippen MR) is 92.3 cm³/mol. The Hall–Kier alpha value is -2.77. The predicted octanol–water partition coefficient (Wildman–Crippen LogP) is 4.57. The monoisotopic (exact) mass is 319 g/mol. The van der Waals surface area contributed by atoms with E-state index in [1.165, 1.54) is 11.8 Å². The van der Waals surface area contributed by atoms with Gasteiger partial charge in [-0.1, -0.05) is 54.6 Å². The third-order valence-corrected chi connectivity index (χ3v) is 4.29. The summed E-state index contributed by atoms with van der Waals surface area (Å²) in [5.41, 5.74) is 2.49. The molecule has 0 aliphatic rings. The summed E-state index contributed by atoms with van der Waals surface area (Å²) in [6.07, 6.45) is 1.83. The molecule has 0 N–H and O–H groups in total. The van der Waals surface area contributed by atoms with Crippen LogP contribution in [0.5, 0.6) is 0 Å². The molecule has 3 rings (SSSR count). The number of benzene rings is 2. The summed E-state index contributed by atoms with van der Waals surface area (Å²) >= 11 is 1.36. The molecular formula is C19H13NO2S. The fraction of sp³-hybridized carbons (Fsp3) is 0.0526. The van der Waals surface area contributed by atoms with Gasteiger partial charge in [-0.15, -0.1) is 11.8 Å². The van der Waals surface area contributed by atoms with E-state index in [4.69, 9.17) is 9.68 Å². The lowest BCUT2D eigenvalue weighted by molar-refractivity contribution is 0.518. The fourth-order valence-electron chi connectivity index (χ4n) is 2.33. The fourth-order valence-corrected chi connectivity index (χ4v) is 2.89. The van der Waals surface area contributed by atoms with Gasteiger partial charge in [-0.2, -0.15) is 5.26 Å². The summed E-state index contributed by atoms with van der Waals surface area (Å²) in [7, 11) is 0. The molecule has 0 spiro atoms. The standard InChI is InChI=1S/C19H13NO2S/c1-23-18-11-17(22-19(21)16(18)12-20)15-9-7-14(8-10-15)13-5-3-2-4-6-13/h2-11H,1H3. The lowest BCUT2D eigenvalue weighted by Gasteiger charge is -2.06. The minimum absolute atomic E-state index is 0.0576. The number of hydrogen-bond acceptors (Lipinski definition) is 4. The molecule has 0 amide bonds. The summed E-state index contributed by atoms with van der Waals surface area (Å²) in [6, 6.07) is 21.5. The van der Waals surface area contributed by atoms with Gasteiger partial charge in [0.2, 0.25) is 0 Å². The zero-order valence-corrected chi connectivity index (χ0v) is 13.3. The van der Waals surface area contributed by atoms with Crippen LogP contribution in [0.2, 0.25) is 0 Å². The lowest BCUT2D eigenvalue weighted by atomic mass is 10.0. The molecule has 112 valence electrons. The lowest BCUT2D eigenvalue weighted by Crippen LogP contribution is -2.06. The highest BCUT2D eigenvalue weighted by Gasteiger charge is 2.12. The molecule has 23 heavy (non-hydrogen) atoms. The number of hydrogen-bond donors (Lipinski definition) is 0. The van der Waals surface area contributed by atoms with Crippen LogP contribution in [0.3, 0.4) is 0 Å². The van der Waals surface area contributed by atoms with Crippen molar-refractivity contribution in [3.05, 3.63) is 76.6 Å². The molecule has 1 heterocycles. The third kappa shape index (κ3) is 3.05. The molecule has 3 nitrogen and oxygen atoms in total. The normalized spacial score (nSPS) is 10.3. The van der Waals surface area contributed by atoms with E-state index >= 15 is 0 Å². The Balaban J connectivity index is 2.02. The van der Waals surface area contributed by atoms with Gasteiger partial charge in [0.1, 0.15) is 11.8 Å². The molecule has 0 saturated carbocycles. The van der Waals surface area contributed by atoms with Crippen molar-refractivity contribution in [3.63, 3.8) is 0 Å².